The third kappa shape index (κ3) is 5.24. The van der Waals surface area contributed by atoms with Crippen LogP contribution >= 0.6 is 0 Å². The Labute approximate surface area is 122 Å². The van der Waals surface area contributed by atoms with Crippen LogP contribution in [0.15, 0.2) is 18.2 Å². The number of amides is 2. The average Bonchev–Trinajstić information content (AvgIpc) is 2.45. The van der Waals surface area contributed by atoms with Gasteiger partial charge in [0.15, 0.2) is 0 Å². The minimum Gasteiger partial charge on any atom is -0.384 e. The van der Waals surface area contributed by atoms with Gasteiger partial charge in [0.2, 0.25) is 5.91 Å². The number of aliphatic hydroxyl groups is 1. The van der Waals surface area contributed by atoms with Crippen molar-refractivity contribution in [3.8, 4) is 11.8 Å². The summed E-state index contributed by atoms with van der Waals surface area (Å²) in [6.07, 6.45) is 0.158. The molecule has 112 valence electrons. The number of halogens is 1. The van der Waals surface area contributed by atoms with Crippen molar-refractivity contribution in [2.45, 2.75) is 6.42 Å². The number of nitrogens with one attached hydrogen (secondary N) is 1. The zero-order valence-electron chi connectivity index (χ0n) is 11.9. The van der Waals surface area contributed by atoms with Gasteiger partial charge in [-0.1, -0.05) is 11.8 Å². The van der Waals surface area contributed by atoms with Crippen molar-refractivity contribution in [2.24, 2.45) is 0 Å². The molecular weight excluding hydrogens is 275 g/mol. The summed E-state index contributed by atoms with van der Waals surface area (Å²) in [5, 5.41) is 11.2. The molecule has 0 aliphatic rings. The van der Waals surface area contributed by atoms with Gasteiger partial charge in [0, 0.05) is 32.6 Å². The third-order valence-electron chi connectivity index (χ3n) is 2.65. The first kappa shape index (κ1) is 16.7. The third-order valence-corrected chi connectivity index (χ3v) is 2.65. The SMILES string of the molecule is CN(C)C(=O)CCNC(=O)c1cc(F)ccc1C#CCO. The second-order valence-corrected chi connectivity index (χ2v) is 4.44. The average molecular weight is 292 g/mol. The fraction of sp³-hybridized carbons (Fsp3) is 0.333. The maximum atomic E-state index is 13.2. The Kier molecular flexibility index (Phi) is 6.37. The van der Waals surface area contributed by atoms with E-state index < -0.39 is 11.7 Å². The number of rotatable bonds is 4. The molecule has 0 spiro atoms. The van der Waals surface area contributed by atoms with Gasteiger partial charge in [-0.2, -0.15) is 0 Å². The van der Waals surface area contributed by atoms with Crippen LogP contribution in [0.4, 0.5) is 4.39 Å². The predicted octanol–water partition coefficient (Wildman–Crippen LogP) is 0.378. The van der Waals surface area contributed by atoms with Crippen LogP contribution in [-0.2, 0) is 4.79 Å². The molecule has 2 amide bonds. The van der Waals surface area contributed by atoms with Gasteiger partial charge in [-0.05, 0) is 18.2 Å². The van der Waals surface area contributed by atoms with E-state index in [0.717, 1.165) is 6.07 Å². The number of benzene rings is 1. The molecule has 0 fully saturated rings. The van der Waals surface area contributed by atoms with Gasteiger partial charge in [-0.25, -0.2) is 4.39 Å². The zero-order chi connectivity index (χ0) is 15.8. The Balaban J connectivity index is 2.77. The summed E-state index contributed by atoms with van der Waals surface area (Å²) in [4.78, 5) is 24.8. The quantitative estimate of drug-likeness (QED) is 0.788. The number of carbonyl (C=O) groups excluding carboxylic acids is 2. The van der Waals surface area contributed by atoms with E-state index in [1.165, 1.54) is 17.0 Å². The van der Waals surface area contributed by atoms with Crippen molar-refractivity contribution in [1.29, 1.82) is 0 Å². The van der Waals surface area contributed by atoms with Crippen molar-refractivity contribution in [1.82, 2.24) is 10.2 Å². The van der Waals surface area contributed by atoms with Crippen LogP contribution in [0.3, 0.4) is 0 Å². The first-order valence-corrected chi connectivity index (χ1v) is 6.33. The Hall–Kier alpha value is -2.39. The molecule has 5 nitrogen and oxygen atoms in total. The number of nitrogens with zero attached hydrogens (tertiary/aromatic N) is 1. The highest BCUT2D eigenvalue weighted by atomic mass is 19.1. The number of aliphatic hydroxyl groups excluding tert-OH is 1. The highest BCUT2D eigenvalue weighted by Crippen LogP contribution is 2.10. The summed E-state index contributed by atoms with van der Waals surface area (Å²) in [5.41, 5.74) is 0.398. The van der Waals surface area contributed by atoms with Crippen LogP contribution in [0.1, 0.15) is 22.3 Å². The van der Waals surface area contributed by atoms with E-state index in [9.17, 15) is 14.0 Å². The van der Waals surface area contributed by atoms with Crippen LogP contribution in [0.25, 0.3) is 0 Å². The fourth-order valence-electron chi connectivity index (χ4n) is 1.55. The largest absolute Gasteiger partial charge is 0.384 e. The minimum absolute atomic E-state index is 0.0771. The molecule has 6 heteroatoms. The summed E-state index contributed by atoms with van der Waals surface area (Å²) in [6, 6.07) is 3.64. The fourth-order valence-corrected chi connectivity index (χ4v) is 1.55. The molecule has 1 aromatic rings. The second kappa shape index (κ2) is 8.02. The molecule has 1 aromatic carbocycles. The van der Waals surface area contributed by atoms with Gasteiger partial charge in [0.25, 0.3) is 5.91 Å². The molecular formula is C15H17FN2O3. The molecule has 0 heterocycles. The lowest BCUT2D eigenvalue weighted by Gasteiger charge is -2.11. The van der Waals surface area contributed by atoms with E-state index in [4.69, 9.17) is 5.11 Å². The summed E-state index contributed by atoms with van der Waals surface area (Å²) in [5.74, 6) is 3.81. The second-order valence-electron chi connectivity index (χ2n) is 4.44. The molecule has 1 rings (SSSR count). The Morgan fingerprint density at radius 3 is 2.71 bits per heavy atom. The summed E-state index contributed by atoms with van der Waals surface area (Å²) in [6.45, 7) is -0.199. The standard InChI is InChI=1S/C15H17FN2O3/c1-18(2)14(20)7-8-17-15(21)13-10-12(16)6-5-11(13)4-3-9-19/h5-6,10,19H,7-9H2,1-2H3,(H,17,21). The highest BCUT2D eigenvalue weighted by molar-refractivity contribution is 5.97. The summed E-state index contributed by atoms with van der Waals surface area (Å²) in [7, 11) is 3.25. The number of carbonyl (C=O) groups is 2. The predicted molar refractivity (Wildman–Crippen MR) is 76.0 cm³/mol. The highest BCUT2D eigenvalue weighted by Gasteiger charge is 2.12. The molecule has 0 radical (unpaired) electrons. The lowest BCUT2D eigenvalue weighted by Crippen LogP contribution is -2.30. The lowest BCUT2D eigenvalue weighted by atomic mass is 10.1. The molecule has 2 N–H and O–H groups in total. The maximum Gasteiger partial charge on any atom is 0.252 e. The molecule has 0 aromatic heterocycles. The van der Waals surface area contributed by atoms with E-state index in [2.05, 4.69) is 17.2 Å². The number of hydrogen-bond donors (Lipinski definition) is 2. The maximum absolute atomic E-state index is 13.2. The van der Waals surface area contributed by atoms with Gasteiger partial charge >= 0.3 is 0 Å². The van der Waals surface area contributed by atoms with Crippen LogP contribution in [0.2, 0.25) is 0 Å². The van der Waals surface area contributed by atoms with Crippen LogP contribution < -0.4 is 5.32 Å². The summed E-state index contributed by atoms with van der Waals surface area (Å²) >= 11 is 0. The normalized spacial score (nSPS) is 9.52. The molecule has 0 aliphatic heterocycles. The topological polar surface area (TPSA) is 69.6 Å². The van der Waals surface area contributed by atoms with Crippen LogP contribution in [0.5, 0.6) is 0 Å². The van der Waals surface area contributed by atoms with E-state index in [-0.39, 0.29) is 31.0 Å². The van der Waals surface area contributed by atoms with Crippen LogP contribution in [0, 0.1) is 17.7 Å². The van der Waals surface area contributed by atoms with Crippen LogP contribution in [-0.4, -0.2) is 49.1 Å². The first-order valence-electron chi connectivity index (χ1n) is 6.33. The van der Waals surface area contributed by atoms with Crippen molar-refractivity contribution in [2.75, 3.05) is 27.2 Å². The van der Waals surface area contributed by atoms with Crippen molar-refractivity contribution in [3.63, 3.8) is 0 Å². The molecule has 0 aliphatic carbocycles. The van der Waals surface area contributed by atoms with Gasteiger partial charge in [0.05, 0.1) is 5.56 Å². The Morgan fingerprint density at radius 1 is 1.38 bits per heavy atom. The van der Waals surface area contributed by atoms with E-state index in [1.807, 2.05) is 0 Å². The van der Waals surface area contributed by atoms with Crippen molar-refractivity contribution < 1.29 is 19.1 Å². The van der Waals surface area contributed by atoms with Gasteiger partial charge in [-0.15, -0.1) is 0 Å². The minimum atomic E-state index is -0.556. The first-order chi connectivity index (χ1) is 9.95. The lowest BCUT2D eigenvalue weighted by molar-refractivity contribution is -0.128. The molecule has 0 saturated carbocycles. The smallest absolute Gasteiger partial charge is 0.252 e. The molecule has 21 heavy (non-hydrogen) atoms. The molecule has 0 atom stereocenters. The molecule has 0 saturated heterocycles. The van der Waals surface area contributed by atoms with Gasteiger partial charge in [-0.3, -0.25) is 9.59 Å². The molecule has 0 bridgehead atoms. The molecule has 0 unspecified atom stereocenters. The monoisotopic (exact) mass is 292 g/mol. The Morgan fingerprint density at radius 2 is 2.10 bits per heavy atom. The van der Waals surface area contributed by atoms with Crippen molar-refractivity contribution in [3.05, 3.63) is 35.1 Å². The van der Waals surface area contributed by atoms with E-state index in [1.54, 1.807) is 14.1 Å². The summed E-state index contributed by atoms with van der Waals surface area (Å²) < 4.78 is 13.2. The Bertz CT molecular complexity index is 588. The number of hydrogen-bond acceptors (Lipinski definition) is 3. The zero-order valence-corrected chi connectivity index (χ0v) is 11.9. The van der Waals surface area contributed by atoms with E-state index >= 15 is 0 Å². The van der Waals surface area contributed by atoms with E-state index in [0.29, 0.717) is 5.56 Å². The van der Waals surface area contributed by atoms with Crippen molar-refractivity contribution >= 4 is 11.8 Å². The van der Waals surface area contributed by atoms with Gasteiger partial charge in [0.1, 0.15) is 12.4 Å². The van der Waals surface area contributed by atoms with Gasteiger partial charge < -0.3 is 15.3 Å².